The average Bonchev–Trinajstić information content (AvgIpc) is 2.74. The van der Waals surface area contributed by atoms with Gasteiger partial charge in [0.1, 0.15) is 23.2 Å². The van der Waals surface area contributed by atoms with E-state index in [0.717, 1.165) is 36.0 Å². The molecule has 2 aromatic carbocycles. The number of rotatable bonds is 9. The SMILES string of the molecule is CCN(CC)c1cc(Nc2ccc(NC(=O)COc3cccc(C)c3)cc2)nc(C)n1. The van der Waals surface area contributed by atoms with Gasteiger partial charge in [0.25, 0.3) is 5.91 Å². The molecule has 3 rings (SSSR count). The summed E-state index contributed by atoms with van der Waals surface area (Å²) < 4.78 is 5.54. The van der Waals surface area contributed by atoms with E-state index in [2.05, 4.69) is 39.3 Å². The summed E-state index contributed by atoms with van der Waals surface area (Å²) in [6, 6.07) is 17.0. The predicted octanol–water partition coefficient (Wildman–Crippen LogP) is 4.70. The Labute approximate surface area is 183 Å². The summed E-state index contributed by atoms with van der Waals surface area (Å²) in [5.41, 5.74) is 2.66. The first-order valence-corrected chi connectivity index (χ1v) is 10.4. The summed E-state index contributed by atoms with van der Waals surface area (Å²) >= 11 is 0. The summed E-state index contributed by atoms with van der Waals surface area (Å²) in [5.74, 6) is 2.82. The topological polar surface area (TPSA) is 79.4 Å². The number of aryl methyl sites for hydroxylation is 2. The number of amides is 1. The fourth-order valence-electron chi connectivity index (χ4n) is 3.16. The molecule has 0 unspecified atom stereocenters. The van der Waals surface area contributed by atoms with E-state index in [1.54, 1.807) is 0 Å². The summed E-state index contributed by atoms with van der Waals surface area (Å²) in [6.45, 7) is 9.80. The summed E-state index contributed by atoms with van der Waals surface area (Å²) in [4.78, 5) is 23.3. The fraction of sp³-hybridized carbons (Fsp3) is 0.292. The zero-order chi connectivity index (χ0) is 22.2. The summed E-state index contributed by atoms with van der Waals surface area (Å²) in [6.07, 6.45) is 0. The smallest absolute Gasteiger partial charge is 0.262 e. The van der Waals surface area contributed by atoms with Crippen molar-refractivity contribution in [1.82, 2.24) is 9.97 Å². The molecule has 0 fully saturated rings. The van der Waals surface area contributed by atoms with Crippen LogP contribution in [-0.2, 0) is 4.79 Å². The van der Waals surface area contributed by atoms with E-state index in [-0.39, 0.29) is 12.5 Å². The normalized spacial score (nSPS) is 10.5. The van der Waals surface area contributed by atoms with Gasteiger partial charge in [-0.25, -0.2) is 9.97 Å². The van der Waals surface area contributed by atoms with Crippen molar-refractivity contribution in [3.63, 3.8) is 0 Å². The van der Waals surface area contributed by atoms with Crippen molar-refractivity contribution in [3.8, 4) is 5.75 Å². The Morgan fingerprint density at radius 1 is 0.968 bits per heavy atom. The molecule has 0 aliphatic heterocycles. The molecular formula is C24H29N5O2. The molecule has 0 spiro atoms. The van der Waals surface area contributed by atoms with E-state index in [0.29, 0.717) is 17.3 Å². The monoisotopic (exact) mass is 419 g/mol. The Bertz CT molecular complexity index is 1020. The number of hydrogen-bond acceptors (Lipinski definition) is 6. The number of nitrogens with zero attached hydrogens (tertiary/aromatic N) is 3. The molecule has 0 aliphatic carbocycles. The van der Waals surface area contributed by atoms with Crippen LogP contribution in [0.25, 0.3) is 0 Å². The third kappa shape index (κ3) is 6.44. The minimum Gasteiger partial charge on any atom is -0.484 e. The van der Waals surface area contributed by atoms with Crippen molar-refractivity contribution in [2.45, 2.75) is 27.7 Å². The minimum atomic E-state index is -0.211. The maximum Gasteiger partial charge on any atom is 0.262 e. The molecule has 0 radical (unpaired) electrons. The number of nitrogens with one attached hydrogen (secondary N) is 2. The average molecular weight is 420 g/mol. The first-order chi connectivity index (χ1) is 15.0. The van der Waals surface area contributed by atoms with Crippen molar-refractivity contribution < 1.29 is 9.53 Å². The molecule has 0 saturated heterocycles. The van der Waals surface area contributed by atoms with Gasteiger partial charge in [-0.05, 0) is 69.7 Å². The standard InChI is InChI=1S/C24H29N5O2/c1-5-29(6-2)23-15-22(25-18(4)26-23)27-19-10-12-20(13-11-19)28-24(30)16-31-21-9-7-8-17(3)14-21/h7-15H,5-6,16H2,1-4H3,(H,28,30)(H,25,26,27). The van der Waals surface area contributed by atoms with Gasteiger partial charge >= 0.3 is 0 Å². The number of anilines is 4. The largest absolute Gasteiger partial charge is 0.484 e. The number of carbonyl (C=O) groups is 1. The molecule has 1 amide bonds. The zero-order valence-electron chi connectivity index (χ0n) is 18.5. The van der Waals surface area contributed by atoms with Crippen LogP contribution >= 0.6 is 0 Å². The first kappa shape index (κ1) is 22.1. The minimum absolute atomic E-state index is 0.0438. The highest BCUT2D eigenvalue weighted by molar-refractivity contribution is 5.92. The molecule has 7 heteroatoms. The Balaban J connectivity index is 1.58. The third-order valence-corrected chi connectivity index (χ3v) is 4.71. The van der Waals surface area contributed by atoms with Gasteiger partial charge in [0.15, 0.2) is 6.61 Å². The van der Waals surface area contributed by atoms with Crippen LogP contribution in [0.5, 0.6) is 5.75 Å². The van der Waals surface area contributed by atoms with Gasteiger partial charge in [-0.1, -0.05) is 12.1 Å². The van der Waals surface area contributed by atoms with E-state index >= 15 is 0 Å². The van der Waals surface area contributed by atoms with Gasteiger partial charge in [-0.3, -0.25) is 4.79 Å². The highest BCUT2D eigenvalue weighted by Crippen LogP contribution is 2.21. The molecule has 0 saturated carbocycles. The summed E-state index contributed by atoms with van der Waals surface area (Å²) in [7, 11) is 0. The van der Waals surface area contributed by atoms with E-state index in [1.807, 2.05) is 68.4 Å². The highest BCUT2D eigenvalue weighted by Gasteiger charge is 2.08. The lowest BCUT2D eigenvalue weighted by atomic mass is 10.2. The van der Waals surface area contributed by atoms with E-state index in [4.69, 9.17) is 4.74 Å². The van der Waals surface area contributed by atoms with E-state index in [1.165, 1.54) is 0 Å². The van der Waals surface area contributed by atoms with Gasteiger partial charge in [-0.2, -0.15) is 0 Å². The predicted molar refractivity (Wildman–Crippen MR) is 125 cm³/mol. The summed E-state index contributed by atoms with van der Waals surface area (Å²) in [5, 5.41) is 6.15. The molecule has 31 heavy (non-hydrogen) atoms. The Kier molecular flexibility index (Phi) is 7.43. The van der Waals surface area contributed by atoms with Crippen LogP contribution in [0.1, 0.15) is 25.2 Å². The van der Waals surface area contributed by atoms with Crippen LogP contribution in [0.4, 0.5) is 23.0 Å². The van der Waals surface area contributed by atoms with E-state index < -0.39 is 0 Å². The van der Waals surface area contributed by atoms with Gasteiger partial charge in [0.2, 0.25) is 0 Å². The molecule has 1 aromatic heterocycles. The molecule has 2 N–H and O–H groups in total. The van der Waals surface area contributed by atoms with Crippen LogP contribution < -0.4 is 20.3 Å². The van der Waals surface area contributed by atoms with Crippen molar-refractivity contribution in [2.24, 2.45) is 0 Å². The molecule has 7 nitrogen and oxygen atoms in total. The van der Waals surface area contributed by atoms with Crippen LogP contribution in [0.15, 0.2) is 54.6 Å². The number of aromatic nitrogens is 2. The lowest BCUT2D eigenvalue weighted by molar-refractivity contribution is -0.118. The Morgan fingerprint density at radius 2 is 1.68 bits per heavy atom. The maximum atomic E-state index is 12.2. The Hall–Kier alpha value is -3.61. The first-order valence-electron chi connectivity index (χ1n) is 10.4. The maximum absolute atomic E-state index is 12.2. The number of carbonyl (C=O) groups excluding carboxylic acids is 1. The molecule has 0 atom stereocenters. The van der Waals surface area contributed by atoms with Crippen molar-refractivity contribution >= 4 is 28.9 Å². The molecule has 3 aromatic rings. The second-order valence-electron chi connectivity index (χ2n) is 7.19. The fourth-order valence-corrected chi connectivity index (χ4v) is 3.16. The molecule has 1 heterocycles. The van der Waals surface area contributed by atoms with Gasteiger partial charge in [0.05, 0.1) is 0 Å². The van der Waals surface area contributed by atoms with Crippen molar-refractivity contribution in [3.05, 3.63) is 66.0 Å². The van der Waals surface area contributed by atoms with Crippen LogP contribution in [0.3, 0.4) is 0 Å². The lowest BCUT2D eigenvalue weighted by Gasteiger charge is -2.20. The Morgan fingerprint density at radius 3 is 2.35 bits per heavy atom. The number of benzene rings is 2. The molecular weight excluding hydrogens is 390 g/mol. The molecule has 0 bridgehead atoms. The highest BCUT2D eigenvalue weighted by atomic mass is 16.5. The third-order valence-electron chi connectivity index (χ3n) is 4.71. The van der Waals surface area contributed by atoms with E-state index in [9.17, 15) is 4.79 Å². The number of hydrogen-bond donors (Lipinski definition) is 2. The van der Waals surface area contributed by atoms with Crippen LogP contribution in [0, 0.1) is 13.8 Å². The van der Waals surface area contributed by atoms with Crippen molar-refractivity contribution in [2.75, 3.05) is 35.2 Å². The molecule has 0 aliphatic rings. The van der Waals surface area contributed by atoms with Crippen LogP contribution in [-0.4, -0.2) is 35.6 Å². The number of ether oxygens (including phenoxy) is 1. The molecule has 162 valence electrons. The van der Waals surface area contributed by atoms with Gasteiger partial charge < -0.3 is 20.3 Å². The second-order valence-corrected chi connectivity index (χ2v) is 7.19. The van der Waals surface area contributed by atoms with Gasteiger partial charge in [-0.15, -0.1) is 0 Å². The van der Waals surface area contributed by atoms with Gasteiger partial charge in [0, 0.05) is 30.5 Å². The zero-order valence-corrected chi connectivity index (χ0v) is 18.5. The second kappa shape index (κ2) is 10.4. The quantitative estimate of drug-likeness (QED) is 0.523. The lowest BCUT2D eigenvalue weighted by Crippen LogP contribution is -2.23. The van der Waals surface area contributed by atoms with Crippen LogP contribution in [0.2, 0.25) is 0 Å². The van der Waals surface area contributed by atoms with Crippen molar-refractivity contribution in [1.29, 1.82) is 0 Å².